The van der Waals surface area contributed by atoms with Crippen LogP contribution in [-0.4, -0.2) is 13.3 Å². The minimum atomic E-state index is 0.410. The fraction of sp³-hybridized carbons (Fsp3) is 0.462. The summed E-state index contributed by atoms with van der Waals surface area (Å²) < 4.78 is 0. The lowest BCUT2D eigenvalue weighted by molar-refractivity contribution is -0.107. The zero-order valence-corrected chi connectivity index (χ0v) is 10.1. The van der Waals surface area contributed by atoms with Crippen LogP contribution in [0.4, 0.5) is 0 Å². The van der Waals surface area contributed by atoms with E-state index in [1.807, 2.05) is 14.0 Å². The first-order chi connectivity index (χ1) is 7.12. The molecule has 0 aliphatic rings. The molecule has 0 amide bonds. The van der Waals surface area contributed by atoms with Crippen molar-refractivity contribution in [3.8, 4) is 0 Å². The summed E-state index contributed by atoms with van der Waals surface area (Å²) >= 11 is 0. The van der Waals surface area contributed by atoms with Crippen molar-refractivity contribution in [3.63, 3.8) is 0 Å². The van der Waals surface area contributed by atoms with Gasteiger partial charge >= 0.3 is 0 Å². The molecule has 0 saturated carbocycles. The smallest absolute Gasteiger partial charge is 0.124 e. The average molecular weight is 207 g/mol. The Hall–Kier alpha value is -1.31. The summed E-state index contributed by atoms with van der Waals surface area (Å²) in [6.45, 7) is 9.99. The van der Waals surface area contributed by atoms with Gasteiger partial charge in [0.15, 0.2) is 0 Å². The van der Waals surface area contributed by atoms with Crippen molar-refractivity contribution < 1.29 is 4.79 Å². The van der Waals surface area contributed by atoms with Crippen molar-refractivity contribution in [2.75, 3.05) is 7.05 Å². The Morgan fingerprint density at radius 3 is 2.33 bits per heavy atom. The second-order valence-corrected chi connectivity index (χ2v) is 3.62. The van der Waals surface area contributed by atoms with Gasteiger partial charge in [-0.05, 0) is 30.1 Å². The molecule has 0 unspecified atom stereocenters. The highest BCUT2D eigenvalue weighted by Gasteiger charge is 2.11. The van der Waals surface area contributed by atoms with E-state index >= 15 is 0 Å². The molecule has 0 bridgehead atoms. The molecule has 84 valence electrons. The minimum absolute atomic E-state index is 0.410. The molecule has 2 nitrogen and oxygen atoms in total. The van der Waals surface area contributed by atoms with Crippen LogP contribution in [0.2, 0.25) is 0 Å². The van der Waals surface area contributed by atoms with Gasteiger partial charge in [0.05, 0.1) is 0 Å². The topological polar surface area (TPSA) is 29.1 Å². The summed E-state index contributed by atoms with van der Waals surface area (Å²) in [6, 6.07) is 0. The number of carbonyl (C=O) groups excluding carboxylic acids is 1. The standard InChI is InChI=1S/C13H21NO/c1-6-11(10(3)4)12(8-9-15)13(7-2)14-5/h6-7,9-10,14H,2,8H2,1,3-5H3/b11-6-,13-12+. The molecular formula is C13H21NO. The van der Waals surface area contributed by atoms with Gasteiger partial charge in [-0.1, -0.05) is 26.5 Å². The largest absolute Gasteiger partial charge is 0.388 e. The molecule has 0 aromatic rings. The van der Waals surface area contributed by atoms with Crippen molar-refractivity contribution in [2.24, 2.45) is 5.92 Å². The highest BCUT2D eigenvalue weighted by atomic mass is 16.1. The van der Waals surface area contributed by atoms with Gasteiger partial charge < -0.3 is 10.1 Å². The van der Waals surface area contributed by atoms with Gasteiger partial charge in [0.2, 0.25) is 0 Å². The van der Waals surface area contributed by atoms with Crippen molar-refractivity contribution >= 4 is 6.29 Å². The number of rotatable bonds is 6. The Kier molecular flexibility index (Phi) is 6.43. The minimum Gasteiger partial charge on any atom is -0.388 e. The number of nitrogens with one attached hydrogen (secondary N) is 1. The maximum Gasteiger partial charge on any atom is 0.124 e. The number of hydrogen-bond donors (Lipinski definition) is 1. The van der Waals surface area contributed by atoms with E-state index in [1.165, 1.54) is 5.57 Å². The SMILES string of the molecule is C=C/C(NC)=C(CC=O)\C(=C/C)C(C)C. The lowest BCUT2D eigenvalue weighted by Crippen LogP contribution is -2.11. The summed E-state index contributed by atoms with van der Waals surface area (Å²) in [6.07, 6.45) is 5.18. The van der Waals surface area contributed by atoms with Crippen molar-refractivity contribution in [2.45, 2.75) is 27.2 Å². The molecule has 2 heteroatoms. The first-order valence-electron chi connectivity index (χ1n) is 5.25. The summed E-state index contributed by atoms with van der Waals surface area (Å²) in [4.78, 5) is 10.7. The average Bonchev–Trinajstić information content (AvgIpc) is 2.20. The van der Waals surface area contributed by atoms with E-state index in [2.05, 4.69) is 31.8 Å². The zero-order valence-electron chi connectivity index (χ0n) is 10.1. The van der Waals surface area contributed by atoms with Gasteiger partial charge in [-0.15, -0.1) is 0 Å². The Balaban J connectivity index is 5.36. The van der Waals surface area contributed by atoms with Crippen LogP contribution in [0.3, 0.4) is 0 Å². The van der Waals surface area contributed by atoms with Crippen molar-refractivity contribution in [1.29, 1.82) is 0 Å². The highest BCUT2D eigenvalue weighted by molar-refractivity contribution is 5.59. The van der Waals surface area contributed by atoms with Crippen molar-refractivity contribution in [1.82, 2.24) is 5.32 Å². The number of hydrogen-bond acceptors (Lipinski definition) is 2. The van der Waals surface area contributed by atoms with E-state index < -0.39 is 0 Å². The molecular weight excluding hydrogens is 186 g/mol. The van der Waals surface area contributed by atoms with Crippen LogP contribution >= 0.6 is 0 Å². The molecule has 0 aromatic heterocycles. The van der Waals surface area contributed by atoms with Crippen LogP contribution in [0.15, 0.2) is 35.6 Å². The van der Waals surface area contributed by atoms with Gasteiger partial charge in [-0.3, -0.25) is 0 Å². The number of allylic oxidation sites excluding steroid dienone is 4. The van der Waals surface area contributed by atoms with E-state index in [0.29, 0.717) is 12.3 Å². The van der Waals surface area contributed by atoms with E-state index in [9.17, 15) is 4.79 Å². The predicted octanol–water partition coefficient (Wildman–Crippen LogP) is 2.84. The number of likely N-dealkylation sites (N-methyl/N-ethyl adjacent to an activating group) is 1. The monoisotopic (exact) mass is 207 g/mol. The second-order valence-electron chi connectivity index (χ2n) is 3.62. The fourth-order valence-electron chi connectivity index (χ4n) is 1.70. The van der Waals surface area contributed by atoms with E-state index in [-0.39, 0.29) is 0 Å². The Bertz CT molecular complexity index is 285. The molecule has 0 radical (unpaired) electrons. The Labute approximate surface area is 92.8 Å². The molecule has 0 atom stereocenters. The maximum absolute atomic E-state index is 10.7. The Morgan fingerprint density at radius 2 is 2.07 bits per heavy atom. The first kappa shape index (κ1) is 13.7. The Morgan fingerprint density at radius 1 is 1.47 bits per heavy atom. The van der Waals surface area contributed by atoms with Crippen LogP contribution < -0.4 is 5.32 Å². The molecule has 0 rings (SSSR count). The number of carbonyl (C=O) groups is 1. The van der Waals surface area contributed by atoms with Gasteiger partial charge in [0.1, 0.15) is 6.29 Å². The third kappa shape index (κ3) is 3.74. The van der Waals surface area contributed by atoms with Gasteiger partial charge in [0, 0.05) is 19.2 Å². The molecule has 0 heterocycles. The summed E-state index contributed by atoms with van der Waals surface area (Å²) in [5, 5.41) is 3.07. The lowest BCUT2D eigenvalue weighted by Gasteiger charge is -2.17. The normalized spacial score (nSPS) is 13.5. The predicted molar refractivity (Wildman–Crippen MR) is 65.6 cm³/mol. The number of aldehydes is 1. The third-order valence-corrected chi connectivity index (χ3v) is 2.37. The van der Waals surface area contributed by atoms with E-state index in [4.69, 9.17) is 0 Å². The highest BCUT2D eigenvalue weighted by Crippen LogP contribution is 2.24. The van der Waals surface area contributed by atoms with Crippen LogP contribution in [0, 0.1) is 5.92 Å². The lowest BCUT2D eigenvalue weighted by atomic mass is 9.91. The molecule has 0 aromatic carbocycles. The van der Waals surface area contributed by atoms with Crippen LogP contribution in [0.25, 0.3) is 0 Å². The summed E-state index contributed by atoms with van der Waals surface area (Å²) in [7, 11) is 1.84. The zero-order chi connectivity index (χ0) is 11.8. The third-order valence-electron chi connectivity index (χ3n) is 2.37. The summed E-state index contributed by atoms with van der Waals surface area (Å²) in [5.41, 5.74) is 3.18. The van der Waals surface area contributed by atoms with Crippen molar-refractivity contribution in [3.05, 3.63) is 35.6 Å². The second kappa shape index (κ2) is 7.04. The van der Waals surface area contributed by atoms with Gasteiger partial charge in [0.25, 0.3) is 0 Å². The van der Waals surface area contributed by atoms with Gasteiger partial charge in [-0.2, -0.15) is 0 Å². The van der Waals surface area contributed by atoms with Crippen LogP contribution in [-0.2, 0) is 4.79 Å². The molecule has 15 heavy (non-hydrogen) atoms. The molecule has 0 spiro atoms. The van der Waals surface area contributed by atoms with Gasteiger partial charge in [-0.25, -0.2) is 0 Å². The molecule has 0 aliphatic carbocycles. The molecule has 0 fully saturated rings. The molecule has 0 saturated heterocycles. The van der Waals surface area contributed by atoms with E-state index in [1.54, 1.807) is 6.08 Å². The fourth-order valence-corrected chi connectivity index (χ4v) is 1.70. The summed E-state index contributed by atoms with van der Waals surface area (Å²) in [5.74, 6) is 0.410. The molecule has 0 aliphatic heterocycles. The first-order valence-corrected chi connectivity index (χ1v) is 5.25. The maximum atomic E-state index is 10.7. The van der Waals surface area contributed by atoms with Crippen LogP contribution in [0.1, 0.15) is 27.2 Å². The van der Waals surface area contributed by atoms with Crippen LogP contribution in [0.5, 0.6) is 0 Å². The quantitative estimate of drug-likeness (QED) is 0.536. The molecule has 1 N–H and O–H groups in total. The van der Waals surface area contributed by atoms with E-state index in [0.717, 1.165) is 17.6 Å².